The number of para-hydroxylation sites is 2. The van der Waals surface area contributed by atoms with Gasteiger partial charge in [-0.25, -0.2) is 0 Å². The van der Waals surface area contributed by atoms with E-state index >= 15 is 0 Å². The average Bonchev–Trinajstić information content (AvgIpc) is 2.81. The molecule has 3 aromatic carbocycles. The molecular formula is C23H20BrN3O4S. The van der Waals surface area contributed by atoms with E-state index in [0.717, 1.165) is 5.75 Å². The Balaban J connectivity index is 1.49. The van der Waals surface area contributed by atoms with E-state index in [-0.39, 0.29) is 11.7 Å². The second-order valence-corrected chi connectivity index (χ2v) is 7.61. The average molecular weight is 514 g/mol. The molecule has 0 aliphatic carbocycles. The van der Waals surface area contributed by atoms with Gasteiger partial charge in [-0.15, -0.1) is 0 Å². The van der Waals surface area contributed by atoms with E-state index in [2.05, 4.69) is 32.1 Å². The van der Waals surface area contributed by atoms with Crippen LogP contribution in [0.2, 0.25) is 0 Å². The van der Waals surface area contributed by atoms with E-state index in [9.17, 15) is 9.59 Å². The molecule has 0 spiro atoms. The minimum Gasteiger partial charge on any atom is -0.490 e. The number of nitrogens with one attached hydrogen (secondary N) is 3. The molecule has 0 aliphatic rings. The molecule has 3 aromatic rings. The molecular weight excluding hydrogens is 494 g/mol. The third-order valence-corrected chi connectivity index (χ3v) is 5.02. The van der Waals surface area contributed by atoms with Gasteiger partial charge in [0, 0.05) is 4.47 Å². The first-order chi connectivity index (χ1) is 15.5. The van der Waals surface area contributed by atoms with Crippen LogP contribution >= 0.6 is 28.1 Å². The number of ether oxygens (including phenoxy) is 2. The van der Waals surface area contributed by atoms with Crippen LogP contribution in [-0.2, 0) is 0 Å². The van der Waals surface area contributed by atoms with Crippen LogP contribution in [0.15, 0.2) is 83.3 Å². The smallest absolute Gasteiger partial charge is 0.270 e. The number of halogens is 1. The fraction of sp³-hybridized carbons (Fsp3) is 0.0870. The Morgan fingerprint density at radius 1 is 0.750 bits per heavy atom. The van der Waals surface area contributed by atoms with Crippen molar-refractivity contribution in [3.63, 3.8) is 0 Å². The fourth-order valence-electron chi connectivity index (χ4n) is 2.64. The number of thiocarbonyl (C=S) groups is 1. The number of carbonyl (C=O) groups is 2. The fourth-order valence-corrected chi connectivity index (χ4v) is 3.24. The van der Waals surface area contributed by atoms with Crippen molar-refractivity contribution in [1.29, 1.82) is 0 Å². The zero-order valence-electron chi connectivity index (χ0n) is 16.8. The van der Waals surface area contributed by atoms with Crippen LogP contribution in [0.1, 0.15) is 20.7 Å². The highest BCUT2D eigenvalue weighted by atomic mass is 79.9. The molecule has 164 valence electrons. The number of hydrazine groups is 1. The molecule has 0 saturated carbocycles. The first-order valence-corrected chi connectivity index (χ1v) is 10.8. The van der Waals surface area contributed by atoms with E-state index in [1.807, 2.05) is 30.3 Å². The lowest BCUT2D eigenvalue weighted by Crippen LogP contribution is -2.48. The summed E-state index contributed by atoms with van der Waals surface area (Å²) in [7, 11) is 0. The Bertz CT molecular complexity index is 1100. The lowest BCUT2D eigenvalue weighted by atomic mass is 10.2. The standard InChI is InChI=1S/C23H20BrN3O4S/c24-19-12-6-4-10-17(19)22(29)26-27-23(32)25-21(28)18-11-5-7-13-20(18)31-15-14-30-16-8-2-1-3-9-16/h1-13H,14-15H2,(H,26,29)(H2,25,27,28,32). The van der Waals surface area contributed by atoms with Crippen LogP contribution in [-0.4, -0.2) is 30.1 Å². The summed E-state index contributed by atoms with van der Waals surface area (Å²) >= 11 is 8.41. The van der Waals surface area contributed by atoms with Crippen LogP contribution in [0, 0.1) is 0 Å². The number of hydrogen-bond acceptors (Lipinski definition) is 5. The summed E-state index contributed by atoms with van der Waals surface area (Å²) in [4.78, 5) is 24.9. The van der Waals surface area contributed by atoms with Crippen molar-refractivity contribution in [1.82, 2.24) is 16.2 Å². The summed E-state index contributed by atoms with van der Waals surface area (Å²) in [6.45, 7) is 0.574. The quantitative estimate of drug-likeness (QED) is 0.252. The Morgan fingerprint density at radius 3 is 2.12 bits per heavy atom. The third-order valence-electron chi connectivity index (χ3n) is 4.12. The molecule has 0 heterocycles. The van der Waals surface area contributed by atoms with Crippen LogP contribution in [0.3, 0.4) is 0 Å². The van der Waals surface area contributed by atoms with Crippen LogP contribution in [0.4, 0.5) is 0 Å². The predicted octanol–water partition coefficient (Wildman–Crippen LogP) is 3.86. The summed E-state index contributed by atoms with van der Waals surface area (Å²) in [5.74, 6) is 0.248. The van der Waals surface area contributed by atoms with Gasteiger partial charge in [0.05, 0.1) is 11.1 Å². The highest BCUT2D eigenvalue weighted by molar-refractivity contribution is 9.10. The first kappa shape index (κ1) is 23.2. The lowest BCUT2D eigenvalue weighted by Gasteiger charge is -2.14. The van der Waals surface area contributed by atoms with Gasteiger partial charge in [-0.05, 0) is 64.5 Å². The molecule has 0 aliphatic heterocycles. The van der Waals surface area contributed by atoms with E-state index in [4.69, 9.17) is 21.7 Å². The maximum atomic E-state index is 12.6. The number of amides is 2. The topological polar surface area (TPSA) is 88.7 Å². The Morgan fingerprint density at radius 2 is 1.38 bits per heavy atom. The predicted molar refractivity (Wildman–Crippen MR) is 129 cm³/mol. The molecule has 0 fully saturated rings. The molecule has 2 amide bonds. The maximum Gasteiger partial charge on any atom is 0.270 e. The maximum absolute atomic E-state index is 12.6. The second kappa shape index (κ2) is 11.8. The van der Waals surface area contributed by atoms with Crippen LogP contribution in [0.5, 0.6) is 11.5 Å². The molecule has 3 N–H and O–H groups in total. The molecule has 7 nitrogen and oxygen atoms in total. The van der Waals surface area contributed by atoms with Gasteiger partial charge in [0.15, 0.2) is 5.11 Å². The van der Waals surface area contributed by atoms with Crippen molar-refractivity contribution < 1.29 is 19.1 Å². The highest BCUT2D eigenvalue weighted by Gasteiger charge is 2.15. The zero-order chi connectivity index (χ0) is 22.8. The van der Waals surface area contributed by atoms with Gasteiger partial charge in [-0.2, -0.15) is 0 Å². The Kier molecular flexibility index (Phi) is 8.59. The van der Waals surface area contributed by atoms with Crippen molar-refractivity contribution in [3.8, 4) is 11.5 Å². The first-order valence-electron chi connectivity index (χ1n) is 9.60. The molecule has 9 heteroatoms. The molecule has 0 atom stereocenters. The van der Waals surface area contributed by atoms with Crippen molar-refractivity contribution in [2.45, 2.75) is 0 Å². The summed E-state index contributed by atoms with van der Waals surface area (Å²) < 4.78 is 11.9. The van der Waals surface area contributed by atoms with E-state index in [1.54, 1.807) is 48.5 Å². The molecule has 32 heavy (non-hydrogen) atoms. The summed E-state index contributed by atoms with van der Waals surface area (Å²) in [6, 6.07) is 23.1. The van der Waals surface area contributed by atoms with E-state index in [1.165, 1.54) is 0 Å². The molecule has 0 radical (unpaired) electrons. The molecule has 0 aromatic heterocycles. The van der Waals surface area contributed by atoms with Gasteiger partial charge in [0.1, 0.15) is 24.7 Å². The van der Waals surface area contributed by atoms with Gasteiger partial charge >= 0.3 is 0 Å². The van der Waals surface area contributed by atoms with Crippen molar-refractivity contribution in [3.05, 3.63) is 94.5 Å². The number of benzene rings is 3. The van der Waals surface area contributed by atoms with Gasteiger partial charge in [-0.1, -0.05) is 42.5 Å². The monoisotopic (exact) mass is 513 g/mol. The molecule has 0 unspecified atom stereocenters. The van der Waals surface area contributed by atoms with Crippen LogP contribution in [0.25, 0.3) is 0 Å². The zero-order valence-corrected chi connectivity index (χ0v) is 19.2. The molecule has 0 bridgehead atoms. The minimum atomic E-state index is -0.475. The molecule has 0 saturated heterocycles. The third kappa shape index (κ3) is 6.79. The van der Waals surface area contributed by atoms with Gasteiger partial charge < -0.3 is 9.47 Å². The normalized spacial score (nSPS) is 10.0. The molecule has 3 rings (SSSR count). The Hall–Kier alpha value is -3.43. The number of hydrogen-bond donors (Lipinski definition) is 3. The largest absolute Gasteiger partial charge is 0.490 e. The van der Waals surface area contributed by atoms with Crippen LogP contribution < -0.4 is 25.6 Å². The van der Waals surface area contributed by atoms with Crippen molar-refractivity contribution in [2.75, 3.05) is 13.2 Å². The van der Waals surface area contributed by atoms with E-state index < -0.39 is 11.8 Å². The van der Waals surface area contributed by atoms with Crippen molar-refractivity contribution in [2.24, 2.45) is 0 Å². The van der Waals surface area contributed by atoms with Gasteiger partial charge in [0.25, 0.3) is 11.8 Å². The number of carbonyl (C=O) groups excluding carboxylic acids is 2. The lowest BCUT2D eigenvalue weighted by molar-refractivity contribution is 0.0933. The van der Waals surface area contributed by atoms with E-state index in [0.29, 0.717) is 28.0 Å². The number of rotatable bonds is 7. The summed E-state index contributed by atoms with van der Waals surface area (Å²) in [6.07, 6.45) is 0. The minimum absolute atomic E-state index is 0.0578. The second-order valence-electron chi connectivity index (χ2n) is 6.35. The van der Waals surface area contributed by atoms with Gasteiger partial charge in [-0.3, -0.25) is 25.8 Å². The summed E-state index contributed by atoms with van der Waals surface area (Å²) in [5, 5.41) is 2.46. The SMILES string of the molecule is O=C(NNC(=S)NC(=O)c1ccccc1OCCOc1ccccc1)c1ccccc1Br. The Labute approximate surface area is 199 Å². The summed E-state index contributed by atoms with van der Waals surface area (Å²) in [5.41, 5.74) is 5.68. The van der Waals surface area contributed by atoms with Crippen molar-refractivity contribution >= 4 is 45.1 Å². The highest BCUT2D eigenvalue weighted by Crippen LogP contribution is 2.18. The van der Waals surface area contributed by atoms with Gasteiger partial charge in [0.2, 0.25) is 0 Å².